The molecule has 76 valence electrons. The molecule has 5 heteroatoms. The second-order valence-corrected chi connectivity index (χ2v) is 2.79. The molecule has 0 aromatic carbocycles. The van der Waals surface area contributed by atoms with Crippen LogP contribution < -0.4 is 4.74 Å². The first kappa shape index (κ1) is 10.3. The van der Waals surface area contributed by atoms with Crippen molar-refractivity contribution in [3.63, 3.8) is 0 Å². The first-order chi connectivity index (χ1) is 6.57. The van der Waals surface area contributed by atoms with E-state index in [4.69, 9.17) is 9.84 Å². The van der Waals surface area contributed by atoms with Gasteiger partial charge in [0.25, 0.3) is 0 Å². The molecule has 1 heterocycles. The van der Waals surface area contributed by atoms with E-state index in [0.29, 0.717) is 5.69 Å². The number of ether oxygens (including phenoxy) is 1. The van der Waals surface area contributed by atoms with Crippen LogP contribution in [0.3, 0.4) is 0 Å². The third-order valence-electron chi connectivity index (χ3n) is 1.72. The molecular weight excluding hydrogens is 184 g/mol. The fourth-order valence-electron chi connectivity index (χ4n) is 1.19. The van der Waals surface area contributed by atoms with Crippen molar-refractivity contribution < 1.29 is 14.6 Å². The van der Waals surface area contributed by atoms with Crippen LogP contribution in [-0.4, -0.2) is 27.5 Å². The highest BCUT2D eigenvalue weighted by molar-refractivity contribution is 5.91. The summed E-state index contributed by atoms with van der Waals surface area (Å²) in [7, 11) is 1.64. The topological polar surface area (TPSA) is 64.3 Å². The van der Waals surface area contributed by atoms with Gasteiger partial charge in [-0.25, -0.2) is 9.48 Å². The summed E-state index contributed by atoms with van der Waals surface area (Å²) in [4.78, 5) is 10.9. The van der Waals surface area contributed by atoms with E-state index in [1.165, 1.54) is 4.68 Å². The van der Waals surface area contributed by atoms with Crippen molar-refractivity contribution in [3.8, 4) is 5.88 Å². The summed E-state index contributed by atoms with van der Waals surface area (Å²) in [5, 5.41) is 12.9. The van der Waals surface area contributed by atoms with Gasteiger partial charge in [-0.15, -0.1) is 0 Å². The van der Waals surface area contributed by atoms with Crippen LogP contribution >= 0.6 is 0 Å². The van der Waals surface area contributed by atoms with E-state index in [-0.39, 0.29) is 18.1 Å². The number of hydrogen-bond donors (Lipinski definition) is 1. The van der Waals surface area contributed by atoms with Crippen LogP contribution in [-0.2, 0) is 7.05 Å². The Labute approximate surface area is 81.6 Å². The van der Waals surface area contributed by atoms with E-state index in [9.17, 15) is 4.79 Å². The molecule has 0 aliphatic carbocycles. The van der Waals surface area contributed by atoms with Gasteiger partial charge in [0.1, 0.15) is 12.2 Å². The Morgan fingerprint density at radius 1 is 1.79 bits per heavy atom. The van der Waals surface area contributed by atoms with E-state index in [0.717, 1.165) is 0 Å². The van der Waals surface area contributed by atoms with Crippen molar-refractivity contribution >= 4 is 5.97 Å². The molecule has 0 amide bonds. The Balaban J connectivity index is 3.11. The number of rotatable bonds is 4. The van der Waals surface area contributed by atoms with Crippen LogP contribution in [0.5, 0.6) is 5.88 Å². The minimum absolute atomic E-state index is 0.106. The van der Waals surface area contributed by atoms with Gasteiger partial charge in [0.05, 0.1) is 5.69 Å². The molecule has 1 aromatic rings. The molecule has 1 aromatic heterocycles. The van der Waals surface area contributed by atoms with E-state index < -0.39 is 5.97 Å². The first-order valence-electron chi connectivity index (χ1n) is 4.08. The van der Waals surface area contributed by atoms with Gasteiger partial charge >= 0.3 is 5.97 Å². The number of carboxylic acid groups (broad SMARTS) is 1. The third-order valence-corrected chi connectivity index (χ3v) is 1.72. The highest BCUT2D eigenvalue weighted by Gasteiger charge is 2.20. The fraction of sp³-hybridized carbons (Fsp3) is 0.333. The molecule has 0 radical (unpaired) electrons. The minimum Gasteiger partial charge on any atom is -0.477 e. The van der Waals surface area contributed by atoms with Crippen LogP contribution in [0.2, 0.25) is 0 Å². The Hall–Kier alpha value is -1.78. The highest BCUT2D eigenvalue weighted by atomic mass is 16.5. The van der Waals surface area contributed by atoms with Gasteiger partial charge < -0.3 is 9.84 Å². The Morgan fingerprint density at radius 3 is 2.93 bits per heavy atom. The fourth-order valence-corrected chi connectivity index (χ4v) is 1.19. The molecule has 0 saturated carbocycles. The molecule has 0 fully saturated rings. The summed E-state index contributed by atoms with van der Waals surface area (Å²) in [6, 6.07) is 0. The summed E-state index contributed by atoms with van der Waals surface area (Å²) >= 11 is 0. The van der Waals surface area contributed by atoms with Crippen molar-refractivity contribution in [3.05, 3.63) is 23.9 Å². The standard InChI is InChI=1S/C9H12N2O3/c1-4-5-14-8-7(9(12)13)6(2)10-11(8)3/h4H,1,5H2,2-3H3,(H,12,13). The van der Waals surface area contributed by atoms with E-state index >= 15 is 0 Å². The predicted octanol–water partition coefficient (Wildman–Crippen LogP) is 0.992. The predicted molar refractivity (Wildman–Crippen MR) is 50.6 cm³/mol. The summed E-state index contributed by atoms with van der Waals surface area (Å²) in [6.45, 7) is 5.38. The highest BCUT2D eigenvalue weighted by Crippen LogP contribution is 2.20. The van der Waals surface area contributed by atoms with Gasteiger partial charge in [-0.3, -0.25) is 0 Å². The van der Waals surface area contributed by atoms with E-state index in [2.05, 4.69) is 11.7 Å². The van der Waals surface area contributed by atoms with Crippen molar-refractivity contribution in [2.45, 2.75) is 6.92 Å². The zero-order valence-corrected chi connectivity index (χ0v) is 8.15. The summed E-state index contributed by atoms with van der Waals surface area (Å²) in [5.41, 5.74) is 0.549. The smallest absolute Gasteiger partial charge is 0.343 e. The number of aryl methyl sites for hydroxylation is 2. The molecule has 1 N–H and O–H groups in total. The van der Waals surface area contributed by atoms with Crippen LogP contribution in [0.25, 0.3) is 0 Å². The van der Waals surface area contributed by atoms with Crippen molar-refractivity contribution in [2.75, 3.05) is 6.61 Å². The van der Waals surface area contributed by atoms with Gasteiger partial charge in [0.15, 0.2) is 0 Å². The van der Waals surface area contributed by atoms with Gasteiger partial charge in [-0.2, -0.15) is 5.10 Å². The maximum atomic E-state index is 10.9. The van der Waals surface area contributed by atoms with Crippen molar-refractivity contribution in [1.29, 1.82) is 0 Å². The monoisotopic (exact) mass is 196 g/mol. The lowest BCUT2D eigenvalue weighted by Gasteiger charge is -2.03. The number of carbonyl (C=O) groups is 1. The van der Waals surface area contributed by atoms with Crippen LogP contribution in [0.4, 0.5) is 0 Å². The molecule has 5 nitrogen and oxygen atoms in total. The molecular formula is C9H12N2O3. The lowest BCUT2D eigenvalue weighted by Crippen LogP contribution is -2.05. The number of carboxylic acids is 1. The zero-order chi connectivity index (χ0) is 10.7. The average Bonchev–Trinajstić information content (AvgIpc) is 2.37. The van der Waals surface area contributed by atoms with E-state index in [1.54, 1.807) is 20.0 Å². The summed E-state index contributed by atoms with van der Waals surface area (Å²) in [6.07, 6.45) is 1.55. The van der Waals surface area contributed by atoms with Crippen LogP contribution in [0.15, 0.2) is 12.7 Å². The normalized spacial score (nSPS) is 9.86. The lowest BCUT2D eigenvalue weighted by atomic mass is 10.2. The Morgan fingerprint density at radius 2 is 2.43 bits per heavy atom. The van der Waals surface area contributed by atoms with Gasteiger partial charge in [-0.05, 0) is 6.92 Å². The average molecular weight is 196 g/mol. The molecule has 0 aliphatic heterocycles. The summed E-state index contributed by atoms with van der Waals surface area (Å²) < 4.78 is 6.61. The molecule has 0 saturated heterocycles. The lowest BCUT2D eigenvalue weighted by molar-refractivity contribution is 0.0691. The van der Waals surface area contributed by atoms with Crippen LogP contribution in [0.1, 0.15) is 16.1 Å². The second kappa shape index (κ2) is 3.95. The minimum atomic E-state index is -1.03. The maximum absolute atomic E-state index is 10.9. The molecule has 0 aliphatic rings. The molecule has 0 unspecified atom stereocenters. The molecule has 1 rings (SSSR count). The van der Waals surface area contributed by atoms with Crippen molar-refractivity contribution in [2.24, 2.45) is 7.05 Å². The second-order valence-electron chi connectivity index (χ2n) is 2.79. The van der Waals surface area contributed by atoms with Gasteiger partial charge in [0.2, 0.25) is 5.88 Å². The largest absolute Gasteiger partial charge is 0.477 e. The maximum Gasteiger partial charge on any atom is 0.343 e. The molecule has 0 atom stereocenters. The molecule has 0 bridgehead atoms. The zero-order valence-electron chi connectivity index (χ0n) is 8.15. The SMILES string of the molecule is C=CCOc1c(C(=O)O)c(C)nn1C. The van der Waals surface area contributed by atoms with Gasteiger partial charge in [0, 0.05) is 7.05 Å². The number of aromatic carboxylic acids is 1. The molecule has 14 heavy (non-hydrogen) atoms. The van der Waals surface area contributed by atoms with Crippen LogP contribution in [0, 0.1) is 6.92 Å². The summed E-state index contributed by atoms with van der Waals surface area (Å²) in [5.74, 6) is -0.774. The van der Waals surface area contributed by atoms with Gasteiger partial charge in [-0.1, -0.05) is 12.7 Å². The Kier molecular flexibility index (Phi) is 2.91. The van der Waals surface area contributed by atoms with Crippen molar-refractivity contribution in [1.82, 2.24) is 9.78 Å². The molecule has 0 spiro atoms. The number of aromatic nitrogens is 2. The first-order valence-corrected chi connectivity index (χ1v) is 4.08. The third kappa shape index (κ3) is 1.76. The Bertz CT molecular complexity index is 368. The quantitative estimate of drug-likeness (QED) is 0.729. The number of nitrogens with zero attached hydrogens (tertiary/aromatic N) is 2. The number of hydrogen-bond acceptors (Lipinski definition) is 3. The van der Waals surface area contributed by atoms with E-state index in [1.807, 2.05) is 0 Å².